The van der Waals surface area contributed by atoms with Gasteiger partial charge in [-0.3, -0.25) is 14.6 Å². The molecule has 12 heteroatoms. The summed E-state index contributed by atoms with van der Waals surface area (Å²) in [6.45, 7) is 0. The second-order valence-corrected chi connectivity index (χ2v) is 18.8. The number of nitrogens with one attached hydrogen (secondary N) is 2. The molecule has 8 nitrogen and oxygen atoms in total. The number of aromatic nitrogens is 6. The van der Waals surface area contributed by atoms with E-state index in [2.05, 4.69) is 39.2 Å². The van der Waals surface area contributed by atoms with Gasteiger partial charge in [0.1, 0.15) is 11.3 Å². The molecule has 2 N–H and O–H groups in total. The monoisotopic (exact) mass is 946 g/mol. The number of fused-ring (bicyclic) bond motifs is 4. The lowest BCUT2D eigenvalue weighted by Crippen LogP contribution is -2.08. The van der Waals surface area contributed by atoms with E-state index < -0.39 is 0 Å². The average Bonchev–Trinajstić information content (AvgIpc) is 3.36. The lowest BCUT2D eigenvalue weighted by molar-refractivity contribution is 1.17. The Balaban J connectivity index is 1.04. The first kappa shape index (κ1) is 42.5. The summed E-state index contributed by atoms with van der Waals surface area (Å²) in [6, 6.07) is 49.1. The van der Waals surface area contributed by atoms with Crippen LogP contribution in [0.5, 0.6) is 0 Å². The highest BCUT2D eigenvalue weighted by Gasteiger charge is 2.22. The van der Waals surface area contributed by atoms with Gasteiger partial charge in [0.05, 0.1) is 48.9 Å². The lowest BCUT2D eigenvalue weighted by Gasteiger charge is -2.18. The van der Waals surface area contributed by atoms with Crippen molar-refractivity contribution >= 4 is 90.6 Å². The van der Waals surface area contributed by atoms with Crippen molar-refractivity contribution in [3.8, 4) is 56.0 Å². The maximum absolute atomic E-state index is 13.8. The Labute approximate surface area is 402 Å². The third-order valence-corrected chi connectivity index (χ3v) is 14.0. The Morgan fingerprint density at radius 1 is 0.582 bits per heavy atom. The summed E-state index contributed by atoms with van der Waals surface area (Å²) in [4.78, 5) is 55.0. The molecule has 6 heterocycles. The van der Waals surface area contributed by atoms with Crippen LogP contribution in [0.3, 0.4) is 0 Å². The number of nitrogens with zero attached hydrogens (tertiary/aromatic N) is 4. The van der Waals surface area contributed by atoms with E-state index in [4.69, 9.17) is 38.2 Å². The van der Waals surface area contributed by atoms with Crippen LogP contribution in [-0.4, -0.2) is 36.2 Å². The van der Waals surface area contributed by atoms with Crippen molar-refractivity contribution in [2.75, 3.05) is 6.26 Å². The molecule has 0 atom stereocenters. The molecule has 11 aromatic rings. The summed E-state index contributed by atoms with van der Waals surface area (Å²) in [6.07, 6.45) is 5.39. The molecule has 6 aromatic heterocycles. The predicted molar refractivity (Wildman–Crippen MR) is 279 cm³/mol. The van der Waals surface area contributed by atoms with Crippen LogP contribution in [0.15, 0.2) is 179 Å². The van der Waals surface area contributed by atoms with Gasteiger partial charge in [-0.05, 0) is 83.6 Å². The second-order valence-electron chi connectivity index (χ2n) is 16.1. The van der Waals surface area contributed by atoms with Crippen molar-refractivity contribution in [2.24, 2.45) is 0 Å². The maximum Gasteiger partial charge on any atom is 0.191 e. The first-order valence-corrected chi connectivity index (χ1v) is 24.5. The van der Waals surface area contributed by atoms with Crippen LogP contribution in [0, 0.1) is 0 Å². The van der Waals surface area contributed by atoms with Gasteiger partial charge in [0, 0.05) is 85.2 Å². The van der Waals surface area contributed by atoms with Crippen LogP contribution in [0.1, 0.15) is 11.3 Å². The number of H-pyrrole nitrogens is 2. The molecule has 11 rings (SSSR count). The van der Waals surface area contributed by atoms with Crippen molar-refractivity contribution in [2.45, 2.75) is 16.4 Å². The number of aromatic amines is 2. The van der Waals surface area contributed by atoms with Crippen molar-refractivity contribution in [3.63, 3.8) is 0 Å². The molecule has 0 saturated heterocycles. The summed E-state index contributed by atoms with van der Waals surface area (Å²) < 4.78 is 0. The molecule has 0 aliphatic rings. The first-order chi connectivity index (χ1) is 32.8. The molecule has 5 aromatic carbocycles. The fourth-order valence-corrected chi connectivity index (χ4v) is 10.7. The number of hydrogen-bond acceptors (Lipinski definition) is 8. The van der Waals surface area contributed by atoms with Gasteiger partial charge in [-0.15, -0.1) is 11.8 Å². The topological polar surface area (TPSA) is 117 Å². The normalized spacial score (nSPS) is 11.6. The Bertz CT molecular complexity index is 3870. The zero-order valence-corrected chi connectivity index (χ0v) is 38.8. The van der Waals surface area contributed by atoms with Gasteiger partial charge in [0.2, 0.25) is 0 Å². The molecule has 0 aliphatic carbocycles. The summed E-state index contributed by atoms with van der Waals surface area (Å²) in [7, 11) is 0. The van der Waals surface area contributed by atoms with Gasteiger partial charge in [-0.1, -0.05) is 102 Å². The summed E-state index contributed by atoms with van der Waals surface area (Å²) >= 11 is 17.4. The van der Waals surface area contributed by atoms with Crippen molar-refractivity contribution in [1.29, 1.82) is 0 Å². The number of hydrogen-bond donors (Lipinski definition) is 2. The predicted octanol–water partition coefficient (Wildman–Crippen LogP) is 14.1. The third-order valence-electron chi connectivity index (χ3n) is 11.8. The zero-order chi connectivity index (χ0) is 45.6. The van der Waals surface area contributed by atoms with Gasteiger partial charge in [-0.2, -0.15) is 11.8 Å². The van der Waals surface area contributed by atoms with E-state index in [9.17, 15) is 9.59 Å². The van der Waals surface area contributed by atoms with Crippen molar-refractivity contribution in [1.82, 2.24) is 29.9 Å². The van der Waals surface area contributed by atoms with E-state index in [1.165, 1.54) is 0 Å². The van der Waals surface area contributed by atoms with E-state index >= 15 is 0 Å². The van der Waals surface area contributed by atoms with Crippen LogP contribution in [0.25, 0.3) is 99.9 Å². The molecule has 324 valence electrons. The van der Waals surface area contributed by atoms with Crippen molar-refractivity contribution in [3.05, 3.63) is 206 Å². The molecule has 0 spiro atoms. The zero-order valence-electron chi connectivity index (χ0n) is 35.7. The maximum atomic E-state index is 13.8. The SMILES string of the molecule is CSCc1c(-c2cc(Cl)c3nc(-c4cccc(-c5nc6[nH]c(CSc7ccccc7)cc(=O)c6cc5-c5cc(Cl)c6ncccc6c5)c4)ccc3c2)c(-c2ccccc2)nc2[nH]ccc(=O)c12. The highest BCUT2D eigenvalue weighted by Crippen LogP contribution is 2.42. The smallest absolute Gasteiger partial charge is 0.191 e. The largest absolute Gasteiger partial charge is 0.346 e. The second kappa shape index (κ2) is 18.0. The van der Waals surface area contributed by atoms with Gasteiger partial charge in [0.15, 0.2) is 10.9 Å². The Kier molecular flexibility index (Phi) is 11.4. The minimum atomic E-state index is -0.122. The number of halogens is 2. The van der Waals surface area contributed by atoms with Crippen molar-refractivity contribution < 1.29 is 0 Å². The van der Waals surface area contributed by atoms with Crippen LogP contribution < -0.4 is 10.9 Å². The highest BCUT2D eigenvalue weighted by molar-refractivity contribution is 7.98. The van der Waals surface area contributed by atoms with Gasteiger partial charge in [0.25, 0.3) is 0 Å². The highest BCUT2D eigenvalue weighted by atomic mass is 35.5. The van der Waals surface area contributed by atoms with E-state index in [0.717, 1.165) is 71.6 Å². The van der Waals surface area contributed by atoms with E-state index in [-0.39, 0.29) is 10.9 Å². The Morgan fingerprint density at radius 2 is 1.31 bits per heavy atom. The molecule has 67 heavy (non-hydrogen) atoms. The van der Waals surface area contributed by atoms with Crippen LogP contribution >= 0.6 is 46.7 Å². The molecule has 0 amide bonds. The fourth-order valence-electron chi connectivity index (χ4n) is 8.73. The van der Waals surface area contributed by atoms with Crippen LogP contribution in [0.2, 0.25) is 10.0 Å². The Hall–Kier alpha value is -7.08. The Morgan fingerprint density at radius 3 is 2.15 bits per heavy atom. The standard InChI is InChI=1S/C55H36Cl2N6O2S2/c1-66-30-42-48(53(31-10-4-2-5-11-31)63-55-49(42)46(64)19-21-59-55)37-24-35-17-18-45(61-52(35)44(57)26-37)32-12-8-13-33(22-32)50-40(36-23-34-14-9-20-58-51(34)43(56)25-36)28-41-47(65)27-38(60-54(41)62-50)29-67-39-15-6-3-7-16-39/h2-28H,29-30H2,1H3,(H,59,63,64)(H,60,62,65). The number of pyridine rings is 6. The first-order valence-electron chi connectivity index (χ1n) is 21.4. The third kappa shape index (κ3) is 8.16. The lowest BCUT2D eigenvalue weighted by atomic mass is 9.92. The molecular weight excluding hydrogens is 912 g/mol. The minimum absolute atomic E-state index is 0.0908. The average molecular weight is 948 g/mol. The molecule has 0 fully saturated rings. The van der Waals surface area contributed by atoms with Gasteiger partial charge >= 0.3 is 0 Å². The summed E-state index contributed by atoms with van der Waals surface area (Å²) in [5.41, 5.74) is 11.8. The molecular formula is C55H36Cl2N6O2S2. The van der Waals surface area contributed by atoms with E-state index in [0.29, 0.717) is 66.0 Å². The number of benzene rings is 5. The summed E-state index contributed by atoms with van der Waals surface area (Å²) in [5.74, 6) is 1.16. The molecule has 0 aliphatic heterocycles. The molecule has 0 radical (unpaired) electrons. The molecule has 0 bridgehead atoms. The minimum Gasteiger partial charge on any atom is -0.346 e. The van der Waals surface area contributed by atoms with Crippen LogP contribution in [0.4, 0.5) is 0 Å². The van der Waals surface area contributed by atoms with E-state index in [1.54, 1.807) is 48.1 Å². The van der Waals surface area contributed by atoms with Gasteiger partial charge < -0.3 is 9.97 Å². The quantitative estimate of drug-likeness (QED) is 0.130. The number of thioether (sulfide) groups is 2. The van der Waals surface area contributed by atoms with E-state index in [1.807, 2.05) is 122 Å². The van der Waals surface area contributed by atoms with Gasteiger partial charge in [-0.25, -0.2) is 15.0 Å². The fraction of sp³-hybridized carbons (Fsp3) is 0.0545. The van der Waals surface area contributed by atoms with Crippen LogP contribution in [-0.2, 0) is 11.5 Å². The molecule has 0 saturated carbocycles. The molecule has 0 unspecified atom stereocenters. The number of rotatable bonds is 10. The summed E-state index contributed by atoms with van der Waals surface area (Å²) in [5, 5.41) is 3.71.